The van der Waals surface area contributed by atoms with Crippen molar-refractivity contribution < 1.29 is 14.4 Å². The molecule has 1 heterocycles. The van der Waals surface area contributed by atoms with Crippen molar-refractivity contribution in [2.45, 2.75) is 20.3 Å². The molecule has 0 radical (unpaired) electrons. The summed E-state index contributed by atoms with van der Waals surface area (Å²) in [6.45, 7) is 6.39. The zero-order valence-corrected chi connectivity index (χ0v) is 14.3. The van der Waals surface area contributed by atoms with E-state index in [-0.39, 0.29) is 24.8 Å². The van der Waals surface area contributed by atoms with Gasteiger partial charge in [-0.25, -0.2) is 0 Å². The predicted octanol–water partition coefficient (Wildman–Crippen LogP) is 1.07. The lowest BCUT2D eigenvalue weighted by Gasteiger charge is -2.36. The van der Waals surface area contributed by atoms with Gasteiger partial charge in [-0.15, -0.1) is 0 Å². The van der Waals surface area contributed by atoms with Crippen molar-refractivity contribution in [2.24, 2.45) is 5.92 Å². The van der Waals surface area contributed by atoms with Gasteiger partial charge in [0.25, 0.3) is 5.91 Å². The van der Waals surface area contributed by atoms with Crippen LogP contribution in [0.5, 0.6) is 0 Å². The quantitative estimate of drug-likeness (QED) is 0.792. The summed E-state index contributed by atoms with van der Waals surface area (Å²) in [4.78, 5) is 39.4. The smallest absolute Gasteiger partial charge is 0.287 e. The first-order valence-electron chi connectivity index (χ1n) is 8.36. The highest BCUT2D eigenvalue weighted by molar-refractivity contribution is 6.36. The zero-order chi connectivity index (χ0) is 17.5. The Bertz CT molecular complexity index is 578. The summed E-state index contributed by atoms with van der Waals surface area (Å²) in [5, 5.41) is 2.43. The highest BCUT2D eigenvalue weighted by atomic mass is 16.2. The van der Waals surface area contributed by atoms with Crippen LogP contribution in [0.3, 0.4) is 0 Å². The second-order valence-electron chi connectivity index (χ2n) is 6.41. The van der Waals surface area contributed by atoms with Crippen LogP contribution in [0.4, 0.5) is 5.69 Å². The SMILES string of the molecule is CC(C)CC(=O)C(=O)NCC(=O)N1CCN(c2ccccc2)CC1. The number of ketones is 1. The largest absolute Gasteiger partial charge is 0.368 e. The van der Waals surface area contributed by atoms with Crippen molar-refractivity contribution in [2.75, 3.05) is 37.6 Å². The molecule has 0 spiro atoms. The number of nitrogens with one attached hydrogen (secondary N) is 1. The first kappa shape index (κ1) is 18.0. The molecule has 1 aliphatic rings. The topological polar surface area (TPSA) is 69.7 Å². The first-order valence-corrected chi connectivity index (χ1v) is 8.36. The highest BCUT2D eigenvalue weighted by Gasteiger charge is 2.22. The van der Waals surface area contributed by atoms with Crippen molar-refractivity contribution in [1.29, 1.82) is 0 Å². The molecule has 1 N–H and O–H groups in total. The Balaban J connectivity index is 1.75. The third kappa shape index (κ3) is 5.08. The predicted molar refractivity (Wildman–Crippen MR) is 92.7 cm³/mol. The third-order valence-electron chi connectivity index (χ3n) is 4.00. The van der Waals surface area contributed by atoms with Gasteiger partial charge in [0.05, 0.1) is 6.54 Å². The molecule has 0 aliphatic carbocycles. The first-order chi connectivity index (χ1) is 11.5. The van der Waals surface area contributed by atoms with Crippen LogP contribution in [0.2, 0.25) is 0 Å². The van der Waals surface area contributed by atoms with Crippen molar-refractivity contribution in [3.05, 3.63) is 30.3 Å². The molecular weight excluding hydrogens is 306 g/mol. The molecule has 130 valence electrons. The number of rotatable bonds is 6. The number of anilines is 1. The maximum Gasteiger partial charge on any atom is 0.287 e. The number of piperazine rings is 1. The Morgan fingerprint density at radius 2 is 1.67 bits per heavy atom. The average molecular weight is 331 g/mol. The van der Waals surface area contributed by atoms with Gasteiger partial charge in [-0.3, -0.25) is 14.4 Å². The van der Waals surface area contributed by atoms with E-state index in [0.29, 0.717) is 13.1 Å². The fourth-order valence-corrected chi connectivity index (χ4v) is 2.68. The summed E-state index contributed by atoms with van der Waals surface area (Å²) in [6, 6.07) is 10.1. The molecule has 6 nitrogen and oxygen atoms in total. The van der Waals surface area contributed by atoms with Crippen molar-refractivity contribution in [1.82, 2.24) is 10.2 Å². The molecule has 1 aromatic carbocycles. The van der Waals surface area contributed by atoms with Crippen LogP contribution in [-0.4, -0.2) is 55.2 Å². The zero-order valence-electron chi connectivity index (χ0n) is 14.3. The van der Waals surface area contributed by atoms with Crippen LogP contribution in [-0.2, 0) is 14.4 Å². The molecule has 0 aromatic heterocycles. The lowest BCUT2D eigenvalue weighted by Crippen LogP contribution is -2.51. The van der Waals surface area contributed by atoms with Gasteiger partial charge in [-0.2, -0.15) is 0 Å². The average Bonchev–Trinajstić information content (AvgIpc) is 2.59. The Hall–Kier alpha value is -2.37. The number of carbonyl (C=O) groups is 3. The molecule has 1 aromatic rings. The Kier molecular flexibility index (Phi) is 6.35. The van der Waals surface area contributed by atoms with E-state index in [0.717, 1.165) is 18.8 Å². The van der Waals surface area contributed by atoms with Crippen LogP contribution in [0.25, 0.3) is 0 Å². The van der Waals surface area contributed by atoms with Gasteiger partial charge in [-0.1, -0.05) is 32.0 Å². The molecule has 0 unspecified atom stereocenters. The number of nitrogens with zero attached hydrogens (tertiary/aromatic N) is 2. The van der Waals surface area contributed by atoms with E-state index >= 15 is 0 Å². The molecule has 1 saturated heterocycles. The Labute approximate surface area is 142 Å². The van der Waals surface area contributed by atoms with Gasteiger partial charge in [0.1, 0.15) is 0 Å². The Morgan fingerprint density at radius 1 is 1.04 bits per heavy atom. The minimum atomic E-state index is -0.667. The molecule has 0 saturated carbocycles. The normalized spacial score (nSPS) is 14.6. The minimum Gasteiger partial charge on any atom is -0.368 e. The number of para-hydroxylation sites is 1. The summed E-state index contributed by atoms with van der Waals surface area (Å²) in [6.07, 6.45) is 0.204. The standard InChI is InChI=1S/C18H25N3O3/c1-14(2)12-16(22)18(24)19-13-17(23)21-10-8-20(9-11-21)15-6-4-3-5-7-15/h3-7,14H,8-13H2,1-2H3,(H,19,24). The Morgan fingerprint density at radius 3 is 2.25 bits per heavy atom. The van der Waals surface area contributed by atoms with Crippen LogP contribution in [0, 0.1) is 5.92 Å². The number of Topliss-reactive ketones (excluding diaryl/α,β-unsaturated/α-hetero) is 1. The lowest BCUT2D eigenvalue weighted by atomic mass is 10.1. The molecule has 1 aliphatic heterocycles. The van der Waals surface area contributed by atoms with E-state index in [4.69, 9.17) is 0 Å². The molecule has 2 rings (SSSR count). The van der Waals surface area contributed by atoms with Gasteiger partial charge < -0.3 is 15.1 Å². The minimum absolute atomic E-state index is 0.117. The number of hydrogen-bond donors (Lipinski definition) is 1. The van der Waals surface area contributed by atoms with Crippen molar-refractivity contribution in [3.8, 4) is 0 Å². The number of amides is 2. The molecule has 0 bridgehead atoms. The molecule has 0 atom stereocenters. The van der Waals surface area contributed by atoms with Gasteiger partial charge in [0.15, 0.2) is 0 Å². The van der Waals surface area contributed by atoms with E-state index in [1.807, 2.05) is 32.0 Å². The van der Waals surface area contributed by atoms with E-state index in [2.05, 4.69) is 22.3 Å². The van der Waals surface area contributed by atoms with Crippen LogP contribution < -0.4 is 10.2 Å². The van der Waals surface area contributed by atoms with E-state index < -0.39 is 11.7 Å². The summed E-state index contributed by atoms with van der Waals surface area (Å²) in [5.41, 5.74) is 1.15. The maximum atomic E-state index is 12.2. The summed E-state index contributed by atoms with van der Waals surface area (Å²) in [7, 11) is 0. The molecule has 1 fully saturated rings. The molecule has 2 amide bonds. The molecular formula is C18H25N3O3. The van der Waals surface area contributed by atoms with Crippen LogP contribution in [0.15, 0.2) is 30.3 Å². The maximum absolute atomic E-state index is 12.2. The molecule has 24 heavy (non-hydrogen) atoms. The van der Waals surface area contributed by atoms with Gasteiger partial charge in [-0.05, 0) is 18.1 Å². The summed E-state index contributed by atoms with van der Waals surface area (Å²) >= 11 is 0. The fourth-order valence-electron chi connectivity index (χ4n) is 2.68. The van der Waals surface area contributed by atoms with E-state index in [9.17, 15) is 14.4 Å². The summed E-state index contributed by atoms with van der Waals surface area (Å²) in [5.74, 6) is -1.15. The fraction of sp³-hybridized carbons (Fsp3) is 0.500. The number of carbonyl (C=O) groups excluding carboxylic acids is 3. The monoisotopic (exact) mass is 331 g/mol. The van der Waals surface area contributed by atoms with Crippen molar-refractivity contribution >= 4 is 23.3 Å². The second-order valence-corrected chi connectivity index (χ2v) is 6.41. The second kappa shape index (κ2) is 8.47. The van der Waals surface area contributed by atoms with Gasteiger partial charge in [0, 0.05) is 38.3 Å². The van der Waals surface area contributed by atoms with E-state index in [1.165, 1.54) is 0 Å². The third-order valence-corrected chi connectivity index (χ3v) is 4.00. The highest BCUT2D eigenvalue weighted by Crippen LogP contribution is 2.15. The van der Waals surface area contributed by atoms with Gasteiger partial charge in [0.2, 0.25) is 11.7 Å². The number of benzene rings is 1. The summed E-state index contributed by atoms with van der Waals surface area (Å²) < 4.78 is 0. The van der Waals surface area contributed by atoms with Gasteiger partial charge >= 0.3 is 0 Å². The van der Waals surface area contributed by atoms with Crippen molar-refractivity contribution in [3.63, 3.8) is 0 Å². The van der Waals surface area contributed by atoms with E-state index in [1.54, 1.807) is 4.90 Å². The molecule has 6 heteroatoms. The number of hydrogen-bond acceptors (Lipinski definition) is 4. The lowest BCUT2D eigenvalue weighted by molar-refractivity contribution is -0.140. The van der Waals surface area contributed by atoms with Crippen LogP contribution in [0.1, 0.15) is 20.3 Å². The van der Waals surface area contributed by atoms with Crippen LogP contribution >= 0.6 is 0 Å².